The van der Waals surface area contributed by atoms with E-state index in [-0.39, 0.29) is 11.6 Å². The Morgan fingerprint density at radius 2 is 1.95 bits per heavy atom. The first-order chi connectivity index (χ1) is 9.47. The van der Waals surface area contributed by atoms with Crippen LogP contribution in [0.1, 0.15) is 11.4 Å². The minimum Gasteiger partial charge on any atom is -0.488 e. The minimum atomic E-state index is -1.05. The Kier molecular flexibility index (Phi) is 3.56. The van der Waals surface area contributed by atoms with Crippen LogP contribution in [0.2, 0.25) is 0 Å². The van der Waals surface area contributed by atoms with E-state index in [2.05, 4.69) is 9.97 Å². The van der Waals surface area contributed by atoms with Crippen LogP contribution >= 0.6 is 0 Å². The number of aromatic nitrogens is 2. The molecule has 0 aliphatic rings. The molecule has 2 aromatic rings. The second-order valence-electron chi connectivity index (χ2n) is 3.77. The van der Waals surface area contributed by atoms with Gasteiger partial charge < -0.3 is 10.1 Å². The van der Waals surface area contributed by atoms with E-state index in [1.807, 2.05) is 0 Å². The minimum absolute atomic E-state index is 0.0533. The summed E-state index contributed by atoms with van der Waals surface area (Å²) in [7, 11) is 0. The second-order valence-corrected chi connectivity index (χ2v) is 3.77. The lowest BCUT2D eigenvalue weighted by molar-refractivity contribution is -0.387. The number of aromatic amines is 1. The number of rotatable bonds is 3. The van der Waals surface area contributed by atoms with Crippen molar-refractivity contribution in [2.24, 2.45) is 0 Å². The zero-order valence-electron chi connectivity index (χ0n) is 9.91. The van der Waals surface area contributed by atoms with E-state index in [0.717, 1.165) is 0 Å². The van der Waals surface area contributed by atoms with Crippen LogP contribution in [0.4, 0.5) is 10.1 Å². The molecule has 0 fully saturated rings. The molecule has 0 amide bonds. The summed E-state index contributed by atoms with van der Waals surface area (Å²) in [6, 6.07) is 5.50. The summed E-state index contributed by atoms with van der Waals surface area (Å²) in [5.41, 5.74) is -1.43. The van der Waals surface area contributed by atoms with Gasteiger partial charge in [0.05, 0.1) is 4.92 Å². The van der Waals surface area contributed by atoms with Crippen molar-refractivity contribution in [1.82, 2.24) is 9.97 Å². The maximum atomic E-state index is 12.7. The molecule has 7 nitrogen and oxygen atoms in total. The normalized spacial score (nSPS) is 10.8. The molecular formula is C12H8FN3O4. The van der Waals surface area contributed by atoms with Crippen LogP contribution in [-0.4, -0.2) is 20.0 Å². The number of nitro groups is 1. The van der Waals surface area contributed by atoms with Gasteiger partial charge in [0.2, 0.25) is 0 Å². The van der Waals surface area contributed by atoms with Gasteiger partial charge in [0.25, 0.3) is 5.88 Å². The maximum absolute atomic E-state index is 12.7. The third-order valence-electron chi connectivity index (χ3n) is 2.38. The lowest BCUT2D eigenvalue weighted by atomic mass is 10.2. The van der Waals surface area contributed by atoms with Gasteiger partial charge in [-0.05, 0) is 23.8 Å². The molecule has 0 radical (unpaired) electrons. The van der Waals surface area contributed by atoms with Crippen LogP contribution in [-0.2, 0) is 0 Å². The fraction of sp³-hybridized carbons (Fsp3) is 0. The zero-order chi connectivity index (χ0) is 14.7. The summed E-state index contributed by atoms with van der Waals surface area (Å²) in [5, 5.41) is 19.8. The summed E-state index contributed by atoms with van der Waals surface area (Å²) < 4.78 is 12.7. The topological polar surface area (TPSA) is 109 Å². The second kappa shape index (κ2) is 5.31. The van der Waals surface area contributed by atoms with E-state index >= 15 is 0 Å². The van der Waals surface area contributed by atoms with Gasteiger partial charge in [-0.1, -0.05) is 18.2 Å². The third-order valence-corrected chi connectivity index (χ3v) is 2.38. The van der Waals surface area contributed by atoms with Crippen molar-refractivity contribution in [2.45, 2.75) is 0 Å². The monoisotopic (exact) mass is 277 g/mol. The van der Waals surface area contributed by atoms with Crippen LogP contribution in [0, 0.1) is 15.9 Å². The fourth-order valence-electron chi connectivity index (χ4n) is 1.46. The fourth-order valence-corrected chi connectivity index (χ4v) is 1.46. The Morgan fingerprint density at radius 1 is 1.30 bits per heavy atom. The van der Waals surface area contributed by atoms with Crippen LogP contribution in [0.3, 0.4) is 0 Å². The van der Waals surface area contributed by atoms with Crippen LogP contribution in [0.25, 0.3) is 12.2 Å². The van der Waals surface area contributed by atoms with E-state index in [4.69, 9.17) is 0 Å². The molecule has 1 aromatic heterocycles. The third kappa shape index (κ3) is 2.86. The highest BCUT2D eigenvalue weighted by atomic mass is 19.1. The molecule has 0 atom stereocenters. The van der Waals surface area contributed by atoms with Gasteiger partial charge in [-0.15, -0.1) is 0 Å². The average Bonchev–Trinajstić information content (AvgIpc) is 2.37. The number of H-pyrrole nitrogens is 1. The SMILES string of the molecule is O=c1[nH]c(/C=C/c2ccc(F)cc2)nc(O)c1[N+](=O)[O-]. The van der Waals surface area contributed by atoms with E-state index in [9.17, 15) is 24.4 Å². The van der Waals surface area contributed by atoms with Crippen molar-refractivity contribution in [3.8, 4) is 5.88 Å². The molecule has 8 heteroatoms. The smallest absolute Gasteiger partial charge is 0.395 e. The van der Waals surface area contributed by atoms with Crippen molar-refractivity contribution in [3.05, 3.63) is 61.9 Å². The predicted molar refractivity (Wildman–Crippen MR) is 68.5 cm³/mol. The Balaban J connectivity index is 2.33. The molecule has 2 N–H and O–H groups in total. The Bertz CT molecular complexity index is 737. The lowest BCUT2D eigenvalue weighted by Crippen LogP contribution is -2.14. The number of hydrogen-bond acceptors (Lipinski definition) is 5. The number of benzene rings is 1. The highest BCUT2D eigenvalue weighted by molar-refractivity contribution is 5.66. The Morgan fingerprint density at radius 3 is 2.50 bits per heavy atom. The van der Waals surface area contributed by atoms with Gasteiger partial charge >= 0.3 is 11.2 Å². The molecule has 0 saturated heterocycles. The molecule has 1 aromatic carbocycles. The molecule has 0 bridgehead atoms. The summed E-state index contributed by atoms with van der Waals surface area (Å²) in [6.07, 6.45) is 2.83. The van der Waals surface area contributed by atoms with E-state index < -0.39 is 22.0 Å². The number of hydrogen-bond donors (Lipinski definition) is 2. The van der Waals surface area contributed by atoms with E-state index in [0.29, 0.717) is 5.56 Å². The number of aromatic hydroxyl groups is 1. The average molecular weight is 277 g/mol. The van der Waals surface area contributed by atoms with Crippen LogP contribution in [0.15, 0.2) is 29.1 Å². The van der Waals surface area contributed by atoms with Crippen LogP contribution in [0.5, 0.6) is 5.88 Å². The quantitative estimate of drug-likeness (QED) is 0.655. The van der Waals surface area contributed by atoms with Crippen LogP contribution < -0.4 is 5.56 Å². The number of nitrogens with zero attached hydrogens (tertiary/aromatic N) is 2. The van der Waals surface area contributed by atoms with Crippen molar-refractivity contribution < 1.29 is 14.4 Å². The molecule has 102 valence electrons. The number of halogens is 1. The first-order valence-electron chi connectivity index (χ1n) is 5.38. The van der Waals surface area contributed by atoms with Crippen molar-refractivity contribution in [3.63, 3.8) is 0 Å². The molecule has 0 unspecified atom stereocenters. The van der Waals surface area contributed by atoms with Crippen molar-refractivity contribution in [1.29, 1.82) is 0 Å². The molecule has 2 rings (SSSR count). The molecule has 1 heterocycles. The first kappa shape index (κ1) is 13.4. The highest BCUT2D eigenvalue weighted by Crippen LogP contribution is 2.17. The molecule has 0 saturated carbocycles. The van der Waals surface area contributed by atoms with E-state index in [1.54, 1.807) is 0 Å². The van der Waals surface area contributed by atoms with Gasteiger partial charge in [-0.3, -0.25) is 14.9 Å². The van der Waals surface area contributed by atoms with E-state index in [1.165, 1.54) is 36.4 Å². The summed E-state index contributed by atoms with van der Waals surface area (Å²) in [4.78, 5) is 26.5. The van der Waals surface area contributed by atoms with Gasteiger partial charge in [-0.25, -0.2) is 4.39 Å². The maximum Gasteiger partial charge on any atom is 0.395 e. The highest BCUT2D eigenvalue weighted by Gasteiger charge is 2.21. The summed E-state index contributed by atoms with van der Waals surface area (Å²) in [6.45, 7) is 0. The van der Waals surface area contributed by atoms with Gasteiger partial charge in [-0.2, -0.15) is 4.98 Å². The Hall–Kier alpha value is -3.03. The van der Waals surface area contributed by atoms with Gasteiger partial charge in [0.1, 0.15) is 11.6 Å². The molecular weight excluding hydrogens is 269 g/mol. The molecule has 0 aliphatic carbocycles. The Labute approximate surface area is 111 Å². The van der Waals surface area contributed by atoms with Crippen molar-refractivity contribution in [2.75, 3.05) is 0 Å². The van der Waals surface area contributed by atoms with Gasteiger partial charge in [0, 0.05) is 0 Å². The van der Waals surface area contributed by atoms with Gasteiger partial charge in [0.15, 0.2) is 0 Å². The molecule has 0 aliphatic heterocycles. The predicted octanol–water partition coefficient (Wildman–Crippen LogP) is 1.69. The lowest BCUT2D eigenvalue weighted by Gasteiger charge is -1.97. The van der Waals surface area contributed by atoms with Crippen molar-refractivity contribution >= 4 is 17.8 Å². The largest absolute Gasteiger partial charge is 0.488 e. The first-order valence-corrected chi connectivity index (χ1v) is 5.38. The summed E-state index contributed by atoms with van der Waals surface area (Å²) >= 11 is 0. The summed E-state index contributed by atoms with van der Waals surface area (Å²) in [5.74, 6) is -1.40. The molecule has 20 heavy (non-hydrogen) atoms. The molecule has 0 spiro atoms. The zero-order valence-corrected chi connectivity index (χ0v) is 9.91. The standard InChI is InChI=1S/C12H8FN3O4/c13-8-4-1-7(2-5-8)3-6-9-14-11(17)10(16(19)20)12(18)15-9/h1-6H,(H2,14,15,17,18)/b6-3+. The number of nitrogens with one attached hydrogen (secondary N) is 1.